The maximum absolute atomic E-state index is 11.9. The van der Waals surface area contributed by atoms with E-state index in [1.807, 2.05) is 20.8 Å². The number of aliphatic hydroxyl groups excluding tert-OH is 1. The maximum Gasteiger partial charge on any atom is 0.230 e. The van der Waals surface area contributed by atoms with Crippen LogP contribution in [-0.2, 0) is 11.4 Å². The van der Waals surface area contributed by atoms with Gasteiger partial charge >= 0.3 is 0 Å². The zero-order chi connectivity index (χ0) is 12.2. The number of rotatable bonds is 4. The van der Waals surface area contributed by atoms with Gasteiger partial charge in [0.2, 0.25) is 5.91 Å². The van der Waals surface area contributed by atoms with Crippen LogP contribution in [0, 0.1) is 5.41 Å². The number of hydrogen-bond acceptors (Lipinski definition) is 2. The summed E-state index contributed by atoms with van der Waals surface area (Å²) in [6.07, 6.45) is 0.799. The molecule has 0 fully saturated rings. The van der Waals surface area contributed by atoms with Gasteiger partial charge in [-0.3, -0.25) is 4.79 Å². The molecule has 0 aliphatic rings. The van der Waals surface area contributed by atoms with E-state index in [0.717, 1.165) is 17.7 Å². The van der Waals surface area contributed by atoms with Crippen molar-refractivity contribution in [2.24, 2.45) is 5.41 Å². The van der Waals surface area contributed by atoms with Crippen LogP contribution in [-0.4, -0.2) is 11.0 Å². The van der Waals surface area contributed by atoms with Gasteiger partial charge in [-0.2, -0.15) is 0 Å². The average molecular weight is 221 g/mol. The van der Waals surface area contributed by atoms with Gasteiger partial charge in [0.25, 0.3) is 0 Å². The largest absolute Gasteiger partial charge is 0.392 e. The Morgan fingerprint density at radius 3 is 2.31 bits per heavy atom. The Balaban J connectivity index is 2.70. The first kappa shape index (κ1) is 12.7. The van der Waals surface area contributed by atoms with Gasteiger partial charge in [-0.05, 0) is 24.1 Å². The van der Waals surface area contributed by atoms with Crippen molar-refractivity contribution < 1.29 is 9.90 Å². The lowest BCUT2D eigenvalue weighted by Gasteiger charge is -2.21. The van der Waals surface area contributed by atoms with Crippen molar-refractivity contribution in [2.45, 2.75) is 33.8 Å². The second-order valence-corrected chi connectivity index (χ2v) is 4.55. The molecule has 0 aliphatic carbocycles. The molecule has 1 rings (SSSR count). The summed E-state index contributed by atoms with van der Waals surface area (Å²) >= 11 is 0. The van der Waals surface area contributed by atoms with Gasteiger partial charge < -0.3 is 10.4 Å². The number of amides is 1. The fourth-order valence-electron chi connectivity index (χ4n) is 1.15. The Kier molecular flexibility index (Phi) is 4.07. The third kappa shape index (κ3) is 3.07. The van der Waals surface area contributed by atoms with Crippen molar-refractivity contribution in [3.05, 3.63) is 29.8 Å². The molecule has 0 aromatic heterocycles. The van der Waals surface area contributed by atoms with E-state index in [1.54, 1.807) is 24.3 Å². The van der Waals surface area contributed by atoms with Crippen molar-refractivity contribution in [3.63, 3.8) is 0 Å². The molecule has 3 nitrogen and oxygen atoms in total. The van der Waals surface area contributed by atoms with E-state index in [2.05, 4.69) is 5.32 Å². The first-order valence-electron chi connectivity index (χ1n) is 5.51. The molecule has 88 valence electrons. The molecule has 0 bridgehead atoms. The van der Waals surface area contributed by atoms with E-state index in [0.29, 0.717) is 0 Å². The lowest BCUT2D eigenvalue weighted by Crippen LogP contribution is -2.29. The Bertz CT molecular complexity index is 355. The molecule has 16 heavy (non-hydrogen) atoms. The van der Waals surface area contributed by atoms with Crippen LogP contribution in [0.15, 0.2) is 24.3 Å². The summed E-state index contributed by atoms with van der Waals surface area (Å²) in [4.78, 5) is 11.9. The SMILES string of the molecule is CCC(C)(C)C(=O)Nc1ccc(CO)cc1. The third-order valence-electron chi connectivity index (χ3n) is 2.89. The molecule has 0 heterocycles. The van der Waals surface area contributed by atoms with Gasteiger partial charge in [-0.1, -0.05) is 32.9 Å². The van der Waals surface area contributed by atoms with Gasteiger partial charge in [0.1, 0.15) is 0 Å². The molecule has 1 aromatic carbocycles. The van der Waals surface area contributed by atoms with Crippen molar-refractivity contribution in [3.8, 4) is 0 Å². The van der Waals surface area contributed by atoms with Crippen molar-refractivity contribution in [1.29, 1.82) is 0 Å². The van der Waals surface area contributed by atoms with Crippen LogP contribution < -0.4 is 5.32 Å². The van der Waals surface area contributed by atoms with Gasteiger partial charge in [0.15, 0.2) is 0 Å². The standard InChI is InChI=1S/C13H19NO2/c1-4-13(2,3)12(16)14-11-7-5-10(9-15)6-8-11/h5-8,15H,4,9H2,1-3H3,(H,14,16). The Labute approximate surface area is 96.5 Å². The van der Waals surface area contributed by atoms with E-state index in [1.165, 1.54) is 0 Å². The maximum atomic E-state index is 11.9. The second-order valence-electron chi connectivity index (χ2n) is 4.55. The Hall–Kier alpha value is -1.35. The first-order valence-corrected chi connectivity index (χ1v) is 5.51. The fourth-order valence-corrected chi connectivity index (χ4v) is 1.15. The molecule has 0 atom stereocenters. The summed E-state index contributed by atoms with van der Waals surface area (Å²) in [6, 6.07) is 7.20. The van der Waals surface area contributed by atoms with E-state index in [4.69, 9.17) is 5.11 Å². The minimum atomic E-state index is -0.352. The number of carbonyl (C=O) groups is 1. The quantitative estimate of drug-likeness (QED) is 0.821. The van der Waals surface area contributed by atoms with E-state index in [9.17, 15) is 4.79 Å². The summed E-state index contributed by atoms with van der Waals surface area (Å²) in [6.45, 7) is 5.86. The highest BCUT2D eigenvalue weighted by atomic mass is 16.3. The monoisotopic (exact) mass is 221 g/mol. The summed E-state index contributed by atoms with van der Waals surface area (Å²) in [7, 11) is 0. The molecule has 0 spiro atoms. The van der Waals surface area contributed by atoms with Gasteiger partial charge in [0.05, 0.1) is 6.61 Å². The lowest BCUT2D eigenvalue weighted by molar-refractivity contribution is -0.124. The van der Waals surface area contributed by atoms with E-state index >= 15 is 0 Å². The minimum absolute atomic E-state index is 0.0201. The van der Waals surface area contributed by atoms with Crippen molar-refractivity contribution >= 4 is 11.6 Å². The van der Waals surface area contributed by atoms with Crippen LogP contribution in [0.3, 0.4) is 0 Å². The molecule has 0 saturated carbocycles. The summed E-state index contributed by atoms with van der Waals surface area (Å²) in [5, 5.41) is 11.8. The second kappa shape index (κ2) is 5.12. The predicted octanol–water partition coefficient (Wildman–Crippen LogP) is 2.55. The number of anilines is 1. The highest BCUT2D eigenvalue weighted by Gasteiger charge is 2.24. The summed E-state index contributed by atoms with van der Waals surface area (Å²) in [5.41, 5.74) is 1.26. The highest BCUT2D eigenvalue weighted by Crippen LogP contribution is 2.22. The molecule has 0 radical (unpaired) electrons. The van der Waals surface area contributed by atoms with Gasteiger partial charge in [-0.15, -0.1) is 0 Å². The Morgan fingerprint density at radius 1 is 1.31 bits per heavy atom. The normalized spacial score (nSPS) is 11.2. The molecule has 0 aliphatic heterocycles. The molecule has 0 saturated heterocycles. The Morgan fingerprint density at radius 2 is 1.88 bits per heavy atom. The topological polar surface area (TPSA) is 49.3 Å². The van der Waals surface area contributed by atoms with Crippen LogP contribution in [0.25, 0.3) is 0 Å². The highest BCUT2D eigenvalue weighted by molar-refractivity contribution is 5.94. The smallest absolute Gasteiger partial charge is 0.230 e. The molecule has 1 amide bonds. The number of carbonyl (C=O) groups excluding carboxylic acids is 1. The average Bonchev–Trinajstić information content (AvgIpc) is 2.30. The van der Waals surface area contributed by atoms with E-state index < -0.39 is 0 Å². The van der Waals surface area contributed by atoms with Crippen molar-refractivity contribution in [2.75, 3.05) is 5.32 Å². The molecule has 0 unspecified atom stereocenters. The number of aliphatic hydroxyl groups is 1. The molecule has 2 N–H and O–H groups in total. The molecular weight excluding hydrogens is 202 g/mol. The zero-order valence-electron chi connectivity index (χ0n) is 10.1. The predicted molar refractivity (Wildman–Crippen MR) is 65.1 cm³/mol. The fraction of sp³-hybridized carbons (Fsp3) is 0.462. The van der Waals surface area contributed by atoms with Crippen LogP contribution in [0.5, 0.6) is 0 Å². The van der Waals surface area contributed by atoms with Crippen LogP contribution in [0.2, 0.25) is 0 Å². The van der Waals surface area contributed by atoms with Crippen LogP contribution >= 0.6 is 0 Å². The summed E-state index contributed by atoms with van der Waals surface area (Å²) < 4.78 is 0. The molecular formula is C13H19NO2. The minimum Gasteiger partial charge on any atom is -0.392 e. The number of benzene rings is 1. The van der Waals surface area contributed by atoms with E-state index in [-0.39, 0.29) is 17.9 Å². The lowest BCUT2D eigenvalue weighted by atomic mass is 9.89. The first-order chi connectivity index (χ1) is 7.49. The van der Waals surface area contributed by atoms with Crippen LogP contribution in [0.1, 0.15) is 32.8 Å². The number of hydrogen-bond donors (Lipinski definition) is 2. The van der Waals surface area contributed by atoms with Crippen LogP contribution in [0.4, 0.5) is 5.69 Å². The van der Waals surface area contributed by atoms with Gasteiger partial charge in [-0.25, -0.2) is 0 Å². The molecule has 1 aromatic rings. The number of nitrogens with one attached hydrogen (secondary N) is 1. The summed E-state index contributed by atoms with van der Waals surface area (Å²) in [5.74, 6) is 0.0201. The van der Waals surface area contributed by atoms with Crippen molar-refractivity contribution in [1.82, 2.24) is 0 Å². The van der Waals surface area contributed by atoms with Gasteiger partial charge in [0, 0.05) is 11.1 Å². The molecule has 3 heteroatoms. The third-order valence-corrected chi connectivity index (χ3v) is 2.89. The zero-order valence-corrected chi connectivity index (χ0v) is 10.1.